The SMILES string of the molecule is Cc1nc(N2CCN(C(=O)OC(C)(C)C)CC2)nc(C(=O)O)c1Br. The van der Waals surface area contributed by atoms with Gasteiger partial charge in [0.15, 0.2) is 5.69 Å². The molecule has 0 aromatic carbocycles. The molecule has 9 heteroatoms. The van der Waals surface area contributed by atoms with Gasteiger partial charge in [0.2, 0.25) is 5.95 Å². The highest BCUT2D eigenvalue weighted by Gasteiger charge is 2.27. The first-order chi connectivity index (χ1) is 11.1. The Kier molecular flexibility index (Phi) is 5.32. The van der Waals surface area contributed by atoms with Gasteiger partial charge in [-0.15, -0.1) is 0 Å². The first kappa shape index (κ1) is 18.4. The molecule has 0 bridgehead atoms. The Hall–Kier alpha value is -1.90. The van der Waals surface area contributed by atoms with Crippen LogP contribution >= 0.6 is 15.9 Å². The number of carbonyl (C=O) groups excluding carboxylic acids is 1. The highest BCUT2D eigenvalue weighted by molar-refractivity contribution is 9.10. The van der Waals surface area contributed by atoms with Crippen molar-refractivity contribution >= 4 is 33.9 Å². The van der Waals surface area contributed by atoms with Crippen LogP contribution in [0.2, 0.25) is 0 Å². The molecule has 1 fully saturated rings. The normalized spacial score (nSPS) is 15.4. The minimum absolute atomic E-state index is 0.0629. The number of rotatable bonds is 2. The molecular formula is C15H21BrN4O4. The summed E-state index contributed by atoms with van der Waals surface area (Å²) in [6, 6.07) is 0. The number of aryl methyl sites for hydroxylation is 1. The van der Waals surface area contributed by atoms with Crippen LogP contribution in [0.1, 0.15) is 37.0 Å². The lowest BCUT2D eigenvalue weighted by molar-refractivity contribution is 0.0240. The third kappa shape index (κ3) is 4.34. The minimum Gasteiger partial charge on any atom is -0.476 e. The largest absolute Gasteiger partial charge is 0.476 e. The van der Waals surface area contributed by atoms with E-state index in [4.69, 9.17) is 4.74 Å². The third-order valence-corrected chi connectivity index (χ3v) is 4.37. The van der Waals surface area contributed by atoms with Crippen LogP contribution in [0.3, 0.4) is 0 Å². The van der Waals surface area contributed by atoms with E-state index in [1.54, 1.807) is 11.8 Å². The van der Waals surface area contributed by atoms with Gasteiger partial charge < -0.3 is 19.6 Å². The van der Waals surface area contributed by atoms with E-state index < -0.39 is 11.6 Å². The van der Waals surface area contributed by atoms with Crippen LogP contribution in [0.15, 0.2) is 4.47 Å². The molecule has 0 spiro atoms. The summed E-state index contributed by atoms with van der Waals surface area (Å²) in [5, 5.41) is 9.23. The Bertz CT molecular complexity index is 652. The summed E-state index contributed by atoms with van der Waals surface area (Å²) in [5.41, 5.74) is -0.0321. The van der Waals surface area contributed by atoms with Gasteiger partial charge in [0, 0.05) is 26.2 Å². The van der Waals surface area contributed by atoms with Gasteiger partial charge in [-0.3, -0.25) is 0 Å². The minimum atomic E-state index is -1.11. The molecule has 1 saturated heterocycles. The van der Waals surface area contributed by atoms with Crippen molar-refractivity contribution in [2.45, 2.75) is 33.3 Å². The van der Waals surface area contributed by atoms with E-state index in [2.05, 4.69) is 25.9 Å². The number of carboxylic acids is 1. The highest BCUT2D eigenvalue weighted by atomic mass is 79.9. The topological polar surface area (TPSA) is 95.9 Å². The molecule has 2 rings (SSSR count). The number of nitrogens with zero attached hydrogens (tertiary/aromatic N) is 4. The monoisotopic (exact) mass is 400 g/mol. The molecule has 24 heavy (non-hydrogen) atoms. The first-order valence-electron chi connectivity index (χ1n) is 7.59. The van der Waals surface area contributed by atoms with Crippen LogP contribution in [0.25, 0.3) is 0 Å². The van der Waals surface area contributed by atoms with E-state index >= 15 is 0 Å². The molecule has 1 aromatic rings. The van der Waals surface area contributed by atoms with Crippen molar-refractivity contribution in [1.82, 2.24) is 14.9 Å². The van der Waals surface area contributed by atoms with E-state index in [0.29, 0.717) is 42.3 Å². The zero-order valence-corrected chi connectivity index (χ0v) is 15.8. The number of hydrogen-bond acceptors (Lipinski definition) is 6. The van der Waals surface area contributed by atoms with Crippen molar-refractivity contribution in [1.29, 1.82) is 0 Å². The first-order valence-corrected chi connectivity index (χ1v) is 8.38. The van der Waals surface area contributed by atoms with Gasteiger partial charge in [0.25, 0.3) is 0 Å². The maximum Gasteiger partial charge on any atom is 0.410 e. The van der Waals surface area contributed by atoms with Crippen LogP contribution in [0.4, 0.5) is 10.7 Å². The third-order valence-electron chi connectivity index (χ3n) is 3.42. The lowest BCUT2D eigenvalue weighted by Crippen LogP contribution is -2.50. The molecule has 0 atom stereocenters. The van der Waals surface area contributed by atoms with Crippen LogP contribution < -0.4 is 4.90 Å². The van der Waals surface area contributed by atoms with Crippen LogP contribution in [-0.4, -0.2) is 63.8 Å². The van der Waals surface area contributed by atoms with Gasteiger partial charge in [-0.1, -0.05) is 0 Å². The molecule has 1 aliphatic heterocycles. The molecule has 1 aromatic heterocycles. The Morgan fingerprint density at radius 2 is 1.75 bits per heavy atom. The predicted octanol–water partition coefficient (Wildman–Crippen LogP) is 2.30. The number of carboxylic acid groups (broad SMARTS) is 1. The van der Waals surface area contributed by atoms with Crippen LogP contribution in [0.5, 0.6) is 0 Å². The standard InChI is InChI=1S/C15H21BrN4O4/c1-9-10(16)11(12(21)22)18-13(17-9)19-5-7-20(8-6-19)14(23)24-15(2,3)4/h5-8H2,1-4H3,(H,21,22). The Labute approximate surface area is 148 Å². The number of anilines is 1. The van der Waals surface area contributed by atoms with Crippen LogP contribution in [-0.2, 0) is 4.74 Å². The van der Waals surface area contributed by atoms with Gasteiger partial charge in [-0.05, 0) is 43.6 Å². The van der Waals surface area contributed by atoms with Crippen molar-refractivity contribution in [3.05, 3.63) is 15.9 Å². The summed E-state index contributed by atoms with van der Waals surface area (Å²) < 4.78 is 5.74. The van der Waals surface area contributed by atoms with Crippen molar-refractivity contribution in [3.63, 3.8) is 0 Å². The molecule has 1 N–H and O–H groups in total. The number of amides is 1. The average molecular weight is 401 g/mol. The van der Waals surface area contributed by atoms with E-state index in [-0.39, 0.29) is 11.8 Å². The van der Waals surface area contributed by atoms with E-state index in [1.165, 1.54) is 0 Å². The van der Waals surface area contributed by atoms with Gasteiger partial charge in [-0.2, -0.15) is 0 Å². The Morgan fingerprint density at radius 1 is 1.17 bits per heavy atom. The number of aromatic carboxylic acids is 1. The van der Waals surface area contributed by atoms with Crippen molar-refractivity contribution in [2.75, 3.05) is 31.1 Å². The number of carbonyl (C=O) groups is 2. The van der Waals surface area contributed by atoms with Crippen molar-refractivity contribution in [2.24, 2.45) is 0 Å². The summed E-state index contributed by atoms with van der Waals surface area (Å²) in [6.45, 7) is 9.16. The molecule has 0 unspecified atom stereocenters. The number of aromatic nitrogens is 2. The molecule has 0 saturated carbocycles. The van der Waals surface area contributed by atoms with Crippen LogP contribution in [0, 0.1) is 6.92 Å². The van der Waals surface area contributed by atoms with Crippen molar-refractivity contribution < 1.29 is 19.4 Å². The summed E-state index contributed by atoms with van der Waals surface area (Å²) in [6.07, 6.45) is -0.346. The second kappa shape index (κ2) is 6.92. The summed E-state index contributed by atoms with van der Waals surface area (Å²) in [5.74, 6) is -0.752. The second-order valence-electron chi connectivity index (χ2n) is 6.53. The maximum absolute atomic E-state index is 12.1. The van der Waals surface area contributed by atoms with Gasteiger partial charge in [0.1, 0.15) is 5.60 Å². The Balaban J connectivity index is 2.07. The van der Waals surface area contributed by atoms with E-state index in [0.717, 1.165) is 0 Å². The van der Waals surface area contributed by atoms with Crippen molar-refractivity contribution in [3.8, 4) is 0 Å². The highest BCUT2D eigenvalue weighted by Crippen LogP contribution is 2.22. The average Bonchev–Trinajstić information content (AvgIpc) is 2.48. The molecule has 1 amide bonds. The maximum atomic E-state index is 12.1. The fraction of sp³-hybridized carbons (Fsp3) is 0.600. The molecule has 0 radical (unpaired) electrons. The van der Waals surface area contributed by atoms with Gasteiger partial charge in [0.05, 0.1) is 10.2 Å². The molecule has 2 heterocycles. The molecular weight excluding hydrogens is 380 g/mol. The molecule has 8 nitrogen and oxygen atoms in total. The number of piperazine rings is 1. The van der Waals surface area contributed by atoms with E-state index in [9.17, 15) is 14.7 Å². The zero-order valence-electron chi connectivity index (χ0n) is 14.2. The predicted molar refractivity (Wildman–Crippen MR) is 91.4 cm³/mol. The lowest BCUT2D eigenvalue weighted by Gasteiger charge is -2.35. The summed E-state index contributed by atoms with van der Waals surface area (Å²) in [7, 11) is 0. The number of hydrogen-bond donors (Lipinski definition) is 1. The smallest absolute Gasteiger partial charge is 0.410 e. The van der Waals surface area contributed by atoms with E-state index in [1.807, 2.05) is 25.7 Å². The molecule has 0 aliphatic carbocycles. The number of halogens is 1. The fourth-order valence-corrected chi connectivity index (χ4v) is 2.59. The summed E-state index contributed by atoms with van der Waals surface area (Å²) in [4.78, 5) is 35.3. The second-order valence-corrected chi connectivity index (χ2v) is 7.32. The number of ether oxygens (including phenoxy) is 1. The zero-order chi connectivity index (χ0) is 18.1. The quantitative estimate of drug-likeness (QED) is 0.813. The summed E-state index contributed by atoms with van der Waals surface area (Å²) >= 11 is 3.20. The van der Waals surface area contributed by atoms with Gasteiger partial charge >= 0.3 is 12.1 Å². The Morgan fingerprint density at radius 3 is 2.25 bits per heavy atom. The van der Waals surface area contributed by atoms with Gasteiger partial charge in [-0.25, -0.2) is 19.6 Å². The lowest BCUT2D eigenvalue weighted by atomic mass is 10.2. The fourth-order valence-electron chi connectivity index (χ4n) is 2.24. The molecule has 1 aliphatic rings. The molecule has 132 valence electrons.